The minimum absolute atomic E-state index is 0.719. The quantitative estimate of drug-likeness (QED) is 0.370. The van der Waals surface area contributed by atoms with Crippen LogP contribution in [0, 0.1) is 0 Å². The zero-order valence-corrected chi connectivity index (χ0v) is 14.3. The molecule has 12 heteroatoms. The molecule has 138 valence electrons. The highest BCUT2D eigenvalue weighted by atomic mass is 31.2. The highest BCUT2D eigenvalue weighted by molar-refractivity contribution is 7.46. The van der Waals surface area contributed by atoms with Crippen molar-refractivity contribution in [3.05, 3.63) is 0 Å². The maximum absolute atomic E-state index is 11.3. The summed E-state index contributed by atoms with van der Waals surface area (Å²) in [4.78, 5) is 51.8. The summed E-state index contributed by atoms with van der Waals surface area (Å²) in [5.41, 5.74) is 0. The van der Waals surface area contributed by atoms with E-state index in [-0.39, 0.29) is 0 Å². The van der Waals surface area contributed by atoms with Gasteiger partial charge in [0.1, 0.15) is 0 Å². The number of carbonyl (C=O) groups is 3. The lowest BCUT2D eigenvalue weighted by molar-refractivity contribution is -0.283. The molecule has 0 aromatic carbocycles. The summed E-state index contributed by atoms with van der Waals surface area (Å²) in [5, 5.41) is 0. The molecule has 0 saturated carbocycles. The van der Waals surface area contributed by atoms with E-state index in [4.69, 9.17) is 28.7 Å². The number of rotatable bonds is 5. The fourth-order valence-corrected chi connectivity index (χ4v) is 2.63. The summed E-state index contributed by atoms with van der Waals surface area (Å²) in [6, 6.07) is 0. The van der Waals surface area contributed by atoms with Gasteiger partial charge in [-0.1, -0.05) is 0 Å². The normalized spacial score (nSPS) is 30.3. The highest BCUT2D eigenvalue weighted by Gasteiger charge is 2.52. The van der Waals surface area contributed by atoms with Gasteiger partial charge in [-0.25, -0.2) is 4.57 Å². The van der Waals surface area contributed by atoms with Crippen molar-refractivity contribution in [3.63, 3.8) is 0 Å². The van der Waals surface area contributed by atoms with Crippen molar-refractivity contribution in [2.75, 3.05) is 0 Å². The molecule has 0 radical (unpaired) electrons. The fourth-order valence-electron chi connectivity index (χ4n) is 2.19. The van der Waals surface area contributed by atoms with Gasteiger partial charge >= 0.3 is 25.7 Å². The molecule has 0 bridgehead atoms. The van der Waals surface area contributed by atoms with Crippen molar-refractivity contribution >= 4 is 25.7 Å². The average Bonchev–Trinajstić information content (AvgIpc) is 2.35. The number of hydrogen-bond acceptors (Lipinski definition) is 9. The van der Waals surface area contributed by atoms with Crippen molar-refractivity contribution in [3.8, 4) is 0 Å². The standard InChI is InChI=1S/C12H19O11P/c1-5-9(20-6(2)13)10(21-7(3)14)11(22-8(4)15)12(19-5)23-24(16,17)18/h5,9-12H,1-4H3,(H2,16,17,18)/t5-,9+,10+,11-,12+/m0/s1. The summed E-state index contributed by atoms with van der Waals surface area (Å²) >= 11 is 0. The Morgan fingerprint density at radius 1 is 0.875 bits per heavy atom. The molecule has 1 heterocycles. The van der Waals surface area contributed by atoms with Gasteiger partial charge in [-0.15, -0.1) is 0 Å². The summed E-state index contributed by atoms with van der Waals surface area (Å²) in [5.74, 6) is -2.36. The SMILES string of the molecule is CC(=O)O[C@H]1[C@H](OC(C)=O)[C@@H](OP(=O)(O)O)O[C@@H](C)[C@H]1OC(C)=O. The third-order valence-electron chi connectivity index (χ3n) is 2.87. The van der Waals surface area contributed by atoms with E-state index in [2.05, 4.69) is 4.52 Å². The summed E-state index contributed by atoms with van der Waals surface area (Å²) < 4.78 is 35.8. The third kappa shape index (κ3) is 6.17. The monoisotopic (exact) mass is 370 g/mol. The highest BCUT2D eigenvalue weighted by Crippen LogP contribution is 2.42. The smallest absolute Gasteiger partial charge is 0.456 e. The van der Waals surface area contributed by atoms with Gasteiger partial charge in [-0.05, 0) is 6.92 Å². The number of esters is 3. The van der Waals surface area contributed by atoms with E-state index >= 15 is 0 Å². The summed E-state index contributed by atoms with van der Waals surface area (Å²) in [7, 11) is -5.01. The molecule has 24 heavy (non-hydrogen) atoms. The van der Waals surface area contributed by atoms with Crippen molar-refractivity contribution in [1.29, 1.82) is 0 Å². The molecule has 0 aliphatic carbocycles. The Kier molecular flexibility index (Phi) is 6.87. The Bertz CT molecular complexity index is 541. The predicted octanol–water partition coefficient (Wildman–Crippen LogP) is -0.364. The maximum atomic E-state index is 11.3. The Hall–Kier alpha value is -1.52. The summed E-state index contributed by atoms with van der Waals surface area (Å²) in [6.45, 7) is 4.60. The van der Waals surface area contributed by atoms with E-state index in [1.807, 2.05) is 0 Å². The number of hydrogen-bond donors (Lipinski definition) is 2. The van der Waals surface area contributed by atoms with E-state index in [0.29, 0.717) is 0 Å². The van der Waals surface area contributed by atoms with E-state index in [9.17, 15) is 18.9 Å². The molecule has 11 nitrogen and oxygen atoms in total. The Labute approximate surface area is 137 Å². The Morgan fingerprint density at radius 2 is 1.29 bits per heavy atom. The molecule has 0 aromatic rings. The number of carbonyl (C=O) groups excluding carboxylic acids is 3. The molecule has 1 saturated heterocycles. The molecule has 2 N–H and O–H groups in total. The largest absolute Gasteiger partial charge is 0.472 e. The molecule has 1 aliphatic heterocycles. The minimum atomic E-state index is -5.01. The lowest BCUT2D eigenvalue weighted by Gasteiger charge is -2.43. The van der Waals surface area contributed by atoms with Gasteiger partial charge in [0, 0.05) is 20.8 Å². The number of phosphoric acid groups is 1. The van der Waals surface area contributed by atoms with E-state index in [1.54, 1.807) is 0 Å². The van der Waals surface area contributed by atoms with Crippen LogP contribution in [-0.2, 0) is 42.4 Å². The zero-order chi connectivity index (χ0) is 18.7. The first-order valence-corrected chi connectivity index (χ1v) is 8.35. The zero-order valence-electron chi connectivity index (χ0n) is 13.4. The van der Waals surface area contributed by atoms with Crippen LogP contribution in [-0.4, -0.2) is 58.4 Å². The van der Waals surface area contributed by atoms with Crippen molar-refractivity contribution in [2.24, 2.45) is 0 Å². The second-order valence-electron chi connectivity index (χ2n) is 5.03. The molecule has 1 fully saturated rings. The van der Waals surface area contributed by atoms with Crippen LogP contribution in [0.15, 0.2) is 0 Å². The molecule has 0 amide bonds. The molecule has 0 aromatic heterocycles. The second-order valence-corrected chi connectivity index (χ2v) is 6.22. The lowest BCUT2D eigenvalue weighted by atomic mass is 9.99. The number of ether oxygens (including phenoxy) is 4. The Morgan fingerprint density at radius 3 is 1.71 bits per heavy atom. The average molecular weight is 370 g/mol. The van der Waals surface area contributed by atoms with Gasteiger partial charge in [-0.2, -0.15) is 0 Å². The van der Waals surface area contributed by atoms with Gasteiger partial charge in [0.15, 0.2) is 18.3 Å². The van der Waals surface area contributed by atoms with Crippen LogP contribution in [0.1, 0.15) is 27.7 Å². The van der Waals surface area contributed by atoms with Gasteiger partial charge in [0.25, 0.3) is 0 Å². The van der Waals surface area contributed by atoms with Crippen molar-refractivity contribution in [1.82, 2.24) is 0 Å². The molecule has 1 aliphatic rings. The van der Waals surface area contributed by atoms with Crippen molar-refractivity contribution < 1.29 is 52.2 Å². The van der Waals surface area contributed by atoms with Crippen molar-refractivity contribution in [2.45, 2.75) is 58.4 Å². The van der Waals surface area contributed by atoms with Crippen LogP contribution in [0.4, 0.5) is 0 Å². The molecule has 5 atom stereocenters. The van der Waals surface area contributed by atoms with E-state index < -0.39 is 56.4 Å². The molecule has 1 rings (SSSR count). The van der Waals surface area contributed by atoms with Gasteiger partial charge in [0.05, 0.1) is 6.10 Å². The molecular weight excluding hydrogens is 351 g/mol. The minimum Gasteiger partial charge on any atom is -0.456 e. The fraction of sp³-hybridized carbons (Fsp3) is 0.750. The topological polar surface area (TPSA) is 155 Å². The van der Waals surface area contributed by atoms with Gasteiger partial charge in [-0.3, -0.25) is 18.9 Å². The number of phosphoric ester groups is 1. The lowest BCUT2D eigenvalue weighted by Crippen LogP contribution is -2.60. The molecule has 0 spiro atoms. The first-order chi connectivity index (χ1) is 10.9. The predicted molar refractivity (Wildman–Crippen MR) is 74.1 cm³/mol. The van der Waals surface area contributed by atoms with E-state index in [1.165, 1.54) is 6.92 Å². The van der Waals surface area contributed by atoms with Gasteiger partial charge in [0.2, 0.25) is 6.29 Å². The van der Waals surface area contributed by atoms with Crippen LogP contribution in [0.3, 0.4) is 0 Å². The van der Waals surface area contributed by atoms with Gasteiger partial charge < -0.3 is 28.7 Å². The molecular formula is C12H19O11P. The first kappa shape index (κ1) is 20.5. The van der Waals surface area contributed by atoms with Crippen LogP contribution in [0.2, 0.25) is 0 Å². The van der Waals surface area contributed by atoms with Crippen LogP contribution >= 0.6 is 7.82 Å². The molecule has 0 unspecified atom stereocenters. The van der Waals surface area contributed by atoms with Crippen LogP contribution in [0.25, 0.3) is 0 Å². The second kappa shape index (κ2) is 8.04. The third-order valence-corrected chi connectivity index (χ3v) is 3.36. The first-order valence-electron chi connectivity index (χ1n) is 6.81. The van der Waals surface area contributed by atoms with E-state index in [0.717, 1.165) is 20.8 Å². The maximum Gasteiger partial charge on any atom is 0.472 e. The van der Waals surface area contributed by atoms with Crippen LogP contribution in [0.5, 0.6) is 0 Å². The summed E-state index contributed by atoms with van der Waals surface area (Å²) in [6.07, 6.45) is -6.81. The Balaban J connectivity index is 3.21. The van der Waals surface area contributed by atoms with Crippen LogP contribution < -0.4 is 0 Å².